The fourth-order valence-electron chi connectivity index (χ4n) is 4.20. The van der Waals surface area contributed by atoms with Crippen molar-refractivity contribution in [2.75, 3.05) is 0 Å². The first-order valence-corrected chi connectivity index (χ1v) is 17.7. The van der Waals surface area contributed by atoms with Crippen LogP contribution in [0.4, 0.5) is 0 Å². The summed E-state index contributed by atoms with van der Waals surface area (Å²) in [5.74, 6) is 0. The zero-order chi connectivity index (χ0) is 25.4. The van der Waals surface area contributed by atoms with Crippen LogP contribution >= 0.6 is 0 Å². The molecule has 0 saturated carbocycles. The average molecular weight is 597 g/mol. The van der Waals surface area contributed by atoms with E-state index in [-0.39, 0.29) is 60.9 Å². The minimum absolute atomic E-state index is 0. The Kier molecular flexibility index (Phi) is 19.8. The smallest absolute Gasteiger partial charge is 1.00 e. The van der Waals surface area contributed by atoms with Gasteiger partial charge < -0.3 is 32.7 Å². The predicted octanol–water partition coefficient (Wildman–Crippen LogP) is 5.98. The van der Waals surface area contributed by atoms with Gasteiger partial charge in [-0.05, 0) is 79.8 Å². The normalized spacial score (nSPS) is 14.3. The molecule has 8 heteroatoms. The van der Waals surface area contributed by atoms with Gasteiger partial charge in [0.05, 0.1) is 0 Å². The van der Waals surface area contributed by atoms with Gasteiger partial charge in [-0.15, -0.1) is 17.5 Å². The van der Waals surface area contributed by atoms with Gasteiger partial charge in [-0.1, -0.05) is 27.7 Å². The van der Waals surface area contributed by atoms with Crippen molar-refractivity contribution in [2.24, 2.45) is 0 Å². The van der Waals surface area contributed by atoms with Crippen molar-refractivity contribution in [1.29, 1.82) is 0 Å². The topological polar surface area (TPSA) is 66.1 Å². The Morgan fingerprint density at radius 2 is 1.03 bits per heavy atom. The van der Waals surface area contributed by atoms with Gasteiger partial charge in [0.1, 0.15) is 0 Å². The molecule has 0 atom stereocenters. The van der Waals surface area contributed by atoms with Crippen molar-refractivity contribution in [1.82, 2.24) is 0 Å². The third kappa shape index (κ3) is 35.2. The first-order chi connectivity index (χ1) is 13.3. The number of hydrogen-bond donors (Lipinski definition) is 0. The van der Waals surface area contributed by atoms with E-state index in [0.717, 1.165) is 18.5 Å². The second kappa shape index (κ2) is 15.9. The largest absolute Gasteiger partial charge is 4.00 e. The molecule has 0 radical (unpaired) electrons. The summed E-state index contributed by atoms with van der Waals surface area (Å²) in [6.07, 6.45) is 10.0. The molecule has 0 bridgehead atoms. The molecule has 1 aliphatic rings. The predicted molar refractivity (Wildman–Crippen MR) is 145 cm³/mol. The van der Waals surface area contributed by atoms with Crippen molar-refractivity contribution >= 4 is 16.6 Å². The summed E-state index contributed by atoms with van der Waals surface area (Å²) in [5, 5.41) is 0. The molecule has 0 unspecified atom stereocenters. The van der Waals surface area contributed by atoms with Gasteiger partial charge in [-0.2, -0.15) is 6.08 Å². The molecule has 0 aromatic carbocycles. The van der Waals surface area contributed by atoms with Crippen LogP contribution in [0.5, 0.6) is 0 Å². The van der Waals surface area contributed by atoms with Crippen molar-refractivity contribution in [3.63, 3.8) is 0 Å². The van der Waals surface area contributed by atoms with Crippen LogP contribution in [-0.4, -0.2) is 38.9 Å². The third-order valence-electron chi connectivity index (χ3n) is 3.49. The fourth-order valence-corrected chi connectivity index (χ4v) is 11.9. The van der Waals surface area contributed by atoms with Crippen LogP contribution in [-0.2, 0) is 35.1 Å². The van der Waals surface area contributed by atoms with Crippen molar-refractivity contribution in [2.45, 2.75) is 136 Å². The molecule has 1 aliphatic carbocycles. The molecule has 33 heavy (non-hydrogen) atoms. The summed E-state index contributed by atoms with van der Waals surface area (Å²) in [4.78, 5) is 0. The molecule has 0 saturated heterocycles. The first-order valence-electron chi connectivity index (χ1n) is 11.4. The van der Waals surface area contributed by atoms with Crippen molar-refractivity contribution in [3.05, 3.63) is 35.8 Å². The summed E-state index contributed by atoms with van der Waals surface area (Å²) in [6.45, 7) is 29.1. The maximum Gasteiger partial charge on any atom is 4.00 e. The molecule has 0 aromatic heterocycles. The van der Waals surface area contributed by atoms with E-state index in [9.17, 15) is 0 Å². The Balaban J connectivity index is -0.000000200. The summed E-state index contributed by atoms with van der Waals surface area (Å²) in [7, 11) is -3.32. The first kappa shape index (κ1) is 41.1. The standard InChI is InChI=1S/2C10H24NOSi.C5H5.ClH.Zr/c2*1-9(2,3)12-13(6,7)8-10(4,5)11;1-2-4-5-3-1;;/h2*11H,8H2,1-7H3;1-3H,4H2;1H;/q3*-1;;+4/p-1. The molecular formula is C25H53ClN2O2Si2Zr. The van der Waals surface area contributed by atoms with Gasteiger partial charge in [0.2, 0.25) is 0 Å². The molecule has 0 aliphatic heterocycles. The monoisotopic (exact) mass is 594 g/mol. The van der Waals surface area contributed by atoms with Crippen LogP contribution in [0.2, 0.25) is 38.3 Å². The maximum absolute atomic E-state index is 7.85. The van der Waals surface area contributed by atoms with Crippen LogP contribution in [0.1, 0.15) is 75.7 Å². The van der Waals surface area contributed by atoms with Gasteiger partial charge in [0, 0.05) is 11.2 Å². The second-order valence-electron chi connectivity index (χ2n) is 13.1. The molecule has 0 heterocycles. The minimum atomic E-state index is -1.66. The summed E-state index contributed by atoms with van der Waals surface area (Å²) in [6, 6.07) is 1.77. The number of hydrogen-bond acceptors (Lipinski definition) is 2. The van der Waals surface area contributed by atoms with Crippen molar-refractivity contribution in [3.8, 4) is 0 Å². The van der Waals surface area contributed by atoms with Gasteiger partial charge in [-0.25, -0.2) is 12.2 Å². The quantitative estimate of drug-likeness (QED) is 0.280. The van der Waals surface area contributed by atoms with Crippen LogP contribution in [0.15, 0.2) is 18.2 Å². The van der Waals surface area contributed by atoms with Crippen LogP contribution in [0, 0.1) is 6.08 Å². The van der Waals surface area contributed by atoms with Crippen LogP contribution in [0.25, 0.3) is 11.5 Å². The molecule has 2 N–H and O–H groups in total. The SMILES string of the molecule is CC(C)([NH-])C[Si](C)(C)OC(C)(C)C.CC(C)([NH-])C[Si](C)(C)OC(C)(C)C.[C-]1=CC=CC1.[Cl-].[Zr+4]. The molecule has 0 amide bonds. The summed E-state index contributed by atoms with van der Waals surface area (Å²) < 4.78 is 12.0. The zero-order valence-corrected chi connectivity index (χ0v) is 29.3. The average Bonchev–Trinajstić information content (AvgIpc) is 2.83. The van der Waals surface area contributed by atoms with Crippen LogP contribution < -0.4 is 12.4 Å². The van der Waals surface area contributed by atoms with E-state index in [1.165, 1.54) is 0 Å². The molecular weight excluding hydrogens is 543 g/mol. The van der Waals surface area contributed by atoms with E-state index in [2.05, 4.69) is 79.9 Å². The summed E-state index contributed by atoms with van der Waals surface area (Å²) >= 11 is 0. The Bertz CT molecular complexity index is 483. The zero-order valence-electron chi connectivity index (χ0n) is 24.0. The molecule has 1 rings (SSSR count). The van der Waals surface area contributed by atoms with Gasteiger partial charge in [-0.3, -0.25) is 6.08 Å². The van der Waals surface area contributed by atoms with E-state index in [1.807, 2.05) is 39.8 Å². The molecule has 4 nitrogen and oxygen atoms in total. The third-order valence-corrected chi connectivity index (χ3v) is 9.29. The van der Waals surface area contributed by atoms with E-state index in [4.69, 9.17) is 20.3 Å². The Morgan fingerprint density at radius 1 is 0.727 bits per heavy atom. The summed E-state index contributed by atoms with van der Waals surface area (Å²) in [5.41, 5.74) is 14.8. The van der Waals surface area contributed by atoms with Gasteiger partial charge >= 0.3 is 26.2 Å². The van der Waals surface area contributed by atoms with E-state index in [0.29, 0.717) is 0 Å². The van der Waals surface area contributed by atoms with E-state index in [1.54, 1.807) is 0 Å². The Morgan fingerprint density at radius 3 is 1.15 bits per heavy atom. The van der Waals surface area contributed by atoms with E-state index >= 15 is 0 Å². The Labute approximate surface area is 234 Å². The number of allylic oxidation sites excluding steroid dienone is 4. The molecule has 0 spiro atoms. The van der Waals surface area contributed by atoms with Crippen LogP contribution in [0.3, 0.4) is 0 Å². The van der Waals surface area contributed by atoms with Gasteiger partial charge in [0.25, 0.3) is 0 Å². The Hall–Kier alpha value is 0.927. The number of halogens is 1. The number of nitrogens with one attached hydrogen (secondary N) is 2. The molecule has 194 valence electrons. The fraction of sp³-hybridized carbons (Fsp3) is 0.840. The van der Waals surface area contributed by atoms with E-state index < -0.39 is 16.6 Å². The van der Waals surface area contributed by atoms with Crippen molar-refractivity contribution < 1.29 is 47.5 Å². The molecule has 0 aromatic rings. The second-order valence-corrected chi connectivity index (χ2v) is 21.2. The van der Waals surface area contributed by atoms with Gasteiger partial charge in [0.15, 0.2) is 16.6 Å². The maximum atomic E-state index is 7.85. The number of rotatable bonds is 6. The minimum Gasteiger partial charge on any atom is -1.00 e. The molecule has 0 fully saturated rings.